The van der Waals surface area contributed by atoms with Crippen molar-refractivity contribution >= 4 is 22.7 Å². The van der Waals surface area contributed by atoms with E-state index in [9.17, 15) is 19.5 Å². The van der Waals surface area contributed by atoms with E-state index < -0.39 is 11.6 Å². The SMILES string of the molecule is CC[C@]1(O)C(=O)OCc2c1cc1n(c2=O)Cc2c-1nc1cc(F)c(C)c3c1c2[C@H](CCCCC(=O)[C@@H]1CCN1)CC3. The third-order valence-corrected chi connectivity index (χ3v) is 9.94. The van der Waals surface area contributed by atoms with Crippen LogP contribution in [0.5, 0.6) is 0 Å². The van der Waals surface area contributed by atoms with Crippen molar-refractivity contribution in [2.75, 3.05) is 6.54 Å². The quantitative estimate of drug-likeness (QED) is 0.260. The van der Waals surface area contributed by atoms with Crippen LogP contribution in [0.2, 0.25) is 0 Å². The number of pyridine rings is 2. The molecule has 3 atom stereocenters. The summed E-state index contributed by atoms with van der Waals surface area (Å²) in [7, 11) is 0. The molecule has 2 N–H and O–H groups in total. The van der Waals surface area contributed by atoms with Crippen LogP contribution in [0.15, 0.2) is 16.9 Å². The highest BCUT2D eigenvalue weighted by atomic mass is 19.1. The van der Waals surface area contributed by atoms with E-state index in [1.165, 1.54) is 6.07 Å². The predicted octanol–water partition coefficient (Wildman–Crippen LogP) is 4.05. The van der Waals surface area contributed by atoms with E-state index in [-0.39, 0.29) is 53.3 Å². The highest BCUT2D eigenvalue weighted by Crippen LogP contribution is 2.47. The predicted molar refractivity (Wildman–Crippen MR) is 150 cm³/mol. The van der Waals surface area contributed by atoms with Crippen LogP contribution in [0, 0.1) is 12.7 Å². The Hall–Kier alpha value is -3.43. The lowest BCUT2D eigenvalue weighted by atomic mass is 9.76. The Morgan fingerprint density at radius 3 is 2.76 bits per heavy atom. The number of halogens is 1. The van der Waals surface area contributed by atoms with Crippen LogP contribution in [0.25, 0.3) is 22.3 Å². The molecule has 1 aliphatic carbocycles. The fourth-order valence-electron chi connectivity index (χ4n) is 7.37. The van der Waals surface area contributed by atoms with Gasteiger partial charge in [0, 0.05) is 29.0 Å². The molecule has 1 fully saturated rings. The van der Waals surface area contributed by atoms with Crippen LogP contribution in [0.1, 0.15) is 91.2 Å². The molecule has 1 aromatic carbocycles. The number of carbonyl (C=O) groups is 2. The number of esters is 1. The van der Waals surface area contributed by atoms with Gasteiger partial charge in [0.1, 0.15) is 18.2 Å². The van der Waals surface area contributed by atoms with Gasteiger partial charge in [-0.05, 0) is 80.7 Å². The third kappa shape index (κ3) is 3.85. The highest BCUT2D eigenvalue weighted by molar-refractivity contribution is 5.93. The van der Waals surface area contributed by atoms with Gasteiger partial charge in [-0.3, -0.25) is 9.59 Å². The van der Waals surface area contributed by atoms with Gasteiger partial charge >= 0.3 is 5.97 Å². The summed E-state index contributed by atoms with van der Waals surface area (Å²) in [5, 5.41) is 15.4. The number of nitrogens with one attached hydrogen (secondary N) is 1. The zero-order valence-corrected chi connectivity index (χ0v) is 23.4. The maximum absolute atomic E-state index is 15.1. The van der Waals surface area contributed by atoms with Gasteiger partial charge in [0.15, 0.2) is 5.60 Å². The van der Waals surface area contributed by atoms with Crippen molar-refractivity contribution in [1.82, 2.24) is 14.9 Å². The molecule has 3 aromatic rings. The summed E-state index contributed by atoms with van der Waals surface area (Å²) >= 11 is 0. The lowest BCUT2D eigenvalue weighted by Crippen LogP contribution is -2.48. The summed E-state index contributed by atoms with van der Waals surface area (Å²) in [5.74, 6) is -0.570. The molecular weight excluding hydrogens is 525 g/mol. The molecule has 0 bridgehead atoms. The number of aromatic nitrogens is 2. The van der Waals surface area contributed by atoms with E-state index in [0.29, 0.717) is 35.4 Å². The summed E-state index contributed by atoms with van der Waals surface area (Å²) in [5.41, 5.74) is 3.77. The van der Waals surface area contributed by atoms with Gasteiger partial charge in [0.05, 0.1) is 35.1 Å². The molecule has 4 aliphatic rings. The second kappa shape index (κ2) is 9.56. The van der Waals surface area contributed by atoms with Crippen LogP contribution < -0.4 is 10.9 Å². The van der Waals surface area contributed by atoms with Crippen molar-refractivity contribution in [2.24, 2.45) is 0 Å². The van der Waals surface area contributed by atoms with Crippen molar-refractivity contribution in [3.8, 4) is 11.4 Å². The van der Waals surface area contributed by atoms with Crippen molar-refractivity contribution in [3.63, 3.8) is 0 Å². The monoisotopic (exact) mass is 559 g/mol. The van der Waals surface area contributed by atoms with Gasteiger partial charge in [0.25, 0.3) is 5.56 Å². The number of aliphatic hydroxyl groups is 1. The fraction of sp³-hybridized carbons (Fsp3) is 0.500. The van der Waals surface area contributed by atoms with Gasteiger partial charge in [-0.15, -0.1) is 0 Å². The number of aryl methyl sites for hydroxylation is 1. The molecule has 1 saturated heterocycles. The Labute approximate surface area is 236 Å². The number of benzene rings is 1. The summed E-state index contributed by atoms with van der Waals surface area (Å²) < 4.78 is 22.0. The number of unbranched alkanes of at least 4 members (excludes halogenated alkanes) is 1. The molecule has 8 nitrogen and oxygen atoms in total. The number of nitrogens with zero attached hydrogens (tertiary/aromatic N) is 2. The molecule has 7 rings (SSSR count). The van der Waals surface area contributed by atoms with Gasteiger partial charge in [-0.25, -0.2) is 14.2 Å². The topological polar surface area (TPSA) is 111 Å². The maximum atomic E-state index is 15.1. The molecule has 0 saturated carbocycles. The van der Waals surface area contributed by atoms with Crippen LogP contribution in [0.3, 0.4) is 0 Å². The Morgan fingerprint density at radius 1 is 1.22 bits per heavy atom. The average molecular weight is 560 g/mol. The lowest BCUT2D eigenvalue weighted by Gasteiger charge is -2.31. The van der Waals surface area contributed by atoms with E-state index in [0.717, 1.165) is 67.1 Å². The Balaban J connectivity index is 1.33. The molecule has 2 aromatic heterocycles. The van der Waals surface area contributed by atoms with Crippen molar-refractivity contribution in [3.05, 3.63) is 61.7 Å². The zero-order valence-electron chi connectivity index (χ0n) is 23.4. The van der Waals surface area contributed by atoms with E-state index in [1.54, 1.807) is 17.6 Å². The largest absolute Gasteiger partial charge is 0.458 e. The first-order chi connectivity index (χ1) is 19.7. The number of ether oxygens (including phenoxy) is 1. The summed E-state index contributed by atoms with van der Waals surface area (Å²) in [4.78, 5) is 43.6. The average Bonchev–Trinajstić information content (AvgIpc) is 3.30. The summed E-state index contributed by atoms with van der Waals surface area (Å²) in [6.45, 7) is 4.55. The molecule has 0 radical (unpaired) electrons. The molecule has 0 spiro atoms. The number of hydrogen-bond acceptors (Lipinski definition) is 7. The Morgan fingerprint density at radius 2 is 2.02 bits per heavy atom. The van der Waals surface area contributed by atoms with Crippen LogP contribution in [-0.4, -0.2) is 39.0 Å². The van der Waals surface area contributed by atoms with E-state index in [1.807, 2.05) is 6.92 Å². The summed E-state index contributed by atoms with van der Waals surface area (Å²) in [6.07, 6.45) is 5.81. The number of Topliss-reactive ketones (excluding diaryl/α,β-unsaturated/α-hetero) is 1. The second-order valence-corrected chi connectivity index (χ2v) is 12.1. The first-order valence-corrected chi connectivity index (χ1v) is 14.8. The normalized spacial score (nSPS) is 24.0. The molecule has 0 unspecified atom stereocenters. The molecule has 214 valence electrons. The third-order valence-electron chi connectivity index (χ3n) is 9.94. The molecule has 0 amide bonds. The maximum Gasteiger partial charge on any atom is 0.343 e. The Kier molecular flexibility index (Phi) is 6.17. The highest BCUT2D eigenvalue weighted by Gasteiger charge is 2.46. The van der Waals surface area contributed by atoms with Crippen molar-refractivity contribution in [1.29, 1.82) is 0 Å². The number of hydrogen-bond donors (Lipinski definition) is 2. The van der Waals surface area contributed by atoms with E-state index in [2.05, 4.69) is 5.32 Å². The van der Waals surface area contributed by atoms with E-state index in [4.69, 9.17) is 9.72 Å². The first-order valence-electron chi connectivity index (χ1n) is 14.8. The smallest absolute Gasteiger partial charge is 0.343 e. The number of carbonyl (C=O) groups excluding carboxylic acids is 2. The number of ketones is 1. The number of fused-ring (bicyclic) bond motifs is 5. The molecule has 41 heavy (non-hydrogen) atoms. The van der Waals surface area contributed by atoms with Crippen molar-refractivity contribution in [2.45, 2.75) is 95.9 Å². The molecule has 3 aliphatic heterocycles. The lowest BCUT2D eigenvalue weighted by molar-refractivity contribution is -0.172. The second-order valence-electron chi connectivity index (χ2n) is 12.1. The van der Waals surface area contributed by atoms with Gasteiger partial charge < -0.3 is 19.7 Å². The molecule has 9 heteroatoms. The summed E-state index contributed by atoms with van der Waals surface area (Å²) in [6, 6.07) is 3.22. The van der Waals surface area contributed by atoms with Gasteiger partial charge in [-0.2, -0.15) is 0 Å². The minimum atomic E-state index is -1.90. The fourth-order valence-corrected chi connectivity index (χ4v) is 7.37. The minimum Gasteiger partial charge on any atom is -0.458 e. The van der Waals surface area contributed by atoms with Gasteiger partial charge in [0.2, 0.25) is 0 Å². The minimum absolute atomic E-state index is 0.0196. The van der Waals surface area contributed by atoms with Crippen LogP contribution >= 0.6 is 0 Å². The zero-order chi connectivity index (χ0) is 28.6. The number of rotatable bonds is 7. The standard InChI is InChI=1S/C32H34FN3O5/c1-3-32(40)21-12-25-29-19(14-36(25)30(38)20(21)15-41-31(32)39)27-17(6-4-5-7-26(37)23-10-11-34-23)8-9-18-16(2)22(33)13-24(35-29)28(18)27/h12-13,17,23,34,40H,3-11,14-15H2,1-2H3/t17-,23+,32-/m1/s1. The molecule has 5 heterocycles. The van der Waals surface area contributed by atoms with Crippen LogP contribution in [0.4, 0.5) is 4.39 Å². The Bertz CT molecular complexity index is 1710. The first kappa shape index (κ1) is 26.5. The van der Waals surface area contributed by atoms with Crippen molar-refractivity contribution < 1.29 is 23.8 Å². The number of cyclic esters (lactones) is 1. The van der Waals surface area contributed by atoms with E-state index >= 15 is 4.39 Å². The van der Waals surface area contributed by atoms with Crippen LogP contribution in [-0.2, 0) is 39.5 Å². The molecular formula is C32H34FN3O5. The van der Waals surface area contributed by atoms with Gasteiger partial charge in [-0.1, -0.05) is 13.3 Å².